The third-order valence-corrected chi connectivity index (χ3v) is 7.18. The van der Waals surface area contributed by atoms with E-state index in [9.17, 15) is 28.2 Å². The fraction of sp³-hybridized carbons (Fsp3) is 0. The Kier molecular flexibility index (Phi) is 6.72. The number of phenols is 2. The monoisotopic (exact) mass is 518 g/mol. The average molecular weight is 519 g/mol. The number of anilines is 4. The Morgan fingerprint density at radius 2 is 0.946 bits per heavy atom. The quantitative estimate of drug-likeness (QED) is 0.127. The second-order valence-electron chi connectivity index (χ2n) is 8.01. The van der Waals surface area contributed by atoms with Gasteiger partial charge in [0.2, 0.25) is 9.84 Å². The number of sulfone groups is 1. The number of phenolic OH excluding ortho intramolecular Hbond substituents is 2. The minimum absolute atomic E-state index is 0.0577. The first-order valence-electron chi connectivity index (χ1n) is 10.8. The summed E-state index contributed by atoms with van der Waals surface area (Å²) in [6, 6.07) is 18.9. The second kappa shape index (κ2) is 9.91. The molecular formula is C26H22N4O6S. The van der Waals surface area contributed by atoms with E-state index >= 15 is 0 Å². The Labute approximate surface area is 212 Å². The summed E-state index contributed by atoms with van der Waals surface area (Å²) in [7, 11) is -3.94. The molecule has 188 valence electrons. The zero-order valence-corrected chi connectivity index (χ0v) is 20.0. The minimum Gasteiger partial charge on any atom is -0.506 e. The molecule has 0 spiro atoms. The fourth-order valence-electron chi connectivity index (χ4n) is 3.40. The van der Waals surface area contributed by atoms with Gasteiger partial charge in [-0.25, -0.2) is 8.42 Å². The van der Waals surface area contributed by atoms with E-state index in [4.69, 9.17) is 11.5 Å². The van der Waals surface area contributed by atoms with Crippen molar-refractivity contribution >= 4 is 44.4 Å². The summed E-state index contributed by atoms with van der Waals surface area (Å²) in [5, 5.41) is 24.8. The van der Waals surface area contributed by atoms with Gasteiger partial charge in [-0.05, 0) is 84.9 Å². The van der Waals surface area contributed by atoms with Crippen LogP contribution in [0, 0.1) is 0 Å². The molecule has 0 heterocycles. The van der Waals surface area contributed by atoms with Gasteiger partial charge in [-0.3, -0.25) is 9.59 Å². The van der Waals surface area contributed by atoms with E-state index in [1.54, 1.807) is 0 Å². The number of carbonyl (C=O) groups excluding carboxylic acids is 2. The number of carbonyl (C=O) groups is 2. The maximum Gasteiger partial charge on any atom is 0.255 e. The van der Waals surface area contributed by atoms with Crippen LogP contribution in [0.25, 0.3) is 0 Å². The molecule has 2 amide bonds. The molecule has 0 aromatic heterocycles. The summed E-state index contributed by atoms with van der Waals surface area (Å²) in [6.07, 6.45) is 0. The largest absolute Gasteiger partial charge is 0.506 e. The number of aromatic hydroxyl groups is 2. The normalized spacial score (nSPS) is 11.0. The van der Waals surface area contributed by atoms with Crippen molar-refractivity contribution in [3.05, 3.63) is 96.1 Å². The number of benzene rings is 4. The van der Waals surface area contributed by atoms with Crippen LogP contribution >= 0.6 is 0 Å². The molecule has 0 saturated heterocycles. The van der Waals surface area contributed by atoms with Crippen LogP contribution in [0.5, 0.6) is 11.5 Å². The van der Waals surface area contributed by atoms with Crippen LogP contribution in [0.4, 0.5) is 22.7 Å². The number of rotatable bonds is 6. The van der Waals surface area contributed by atoms with Gasteiger partial charge in [-0.15, -0.1) is 0 Å². The number of hydrogen-bond donors (Lipinski definition) is 6. The maximum absolute atomic E-state index is 13.0. The minimum atomic E-state index is -3.94. The van der Waals surface area contributed by atoms with E-state index in [0.29, 0.717) is 11.4 Å². The molecule has 0 unspecified atom stereocenters. The molecule has 0 fully saturated rings. The third-order valence-electron chi connectivity index (χ3n) is 5.39. The van der Waals surface area contributed by atoms with E-state index in [2.05, 4.69) is 10.6 Å². The zero-order valence-electron chi connectivity index (χ0n) is 19.2. The Balaban J connectivity index is 1.48. The third kappa shape index (κ3) is 5.46. The Hall–Kier alpha value is -5.03. The molecule has 8 N–H and O–H groups in total. The number of hydrogen-bond acceptors (Lipinski definition) is 8. The smallest absolute Gasteiger partial charge is 0.255 e. The van der Waals surface area contributed by atoms with E-state index in [1.165, 1.54) is 84.9 Å². The van der Waals surface area contributed by atoms with Crippen molar-refractivity contribution in [3.63, 3.8) is 0 Å². The Morgan fingerprint density at radius 3 is 1.30 bits per heavy atom. The standard InChI is InChI=1S/C26H22N4O6S/c27-17-5-11-23(31)21(13-17)29-25(33)15-1-7-19(8-2-15)37(35,36)20-9-3-16(4-10-20)26(34)30-22-14-18(28)6-12-24(22)32/h1-14,31-32H,27-28H2,(H,29,33)(H,30,34). The summed E-state index contributed by atoms with van der Waals surface area (Å²) in [4.78, 5) is 24.9. The fourth-order valence-corrected chi connectivity index (χ4v) is 4.66. The van der Waals surface area contributed by atoms with Crippen LogP contribution in [0.1, 0.15) is 20.7 Å². The van der Waals surface area contributed by atoms with Crippen molar-refractivity contribution in [2.24, 2.45) is 0 Å². The lowest BCUT2D eigenvalue weighted by molar-refractivity contribution is 0.101. The highest BCUT2D eigenvalue weighted by molar-refractivity contribution is 7.91. The topological polar surface area (TPSA) is 185 Å². The summed E-state index contributed by atoms with van der Waals surface area (Å²) >= 11 is 0. The zero-order chi connectivity index (χ0) is 26.7. The highest BCUT2D eigenvalue weighted by atomic mass is 32.2. The first-order valence-corrected chi connectivity index (χ1v) is 12.3. The molecule has 0 atom stereocenters. The van der Waals surface area contributed by atoms with Crippen molar-refractivity contribution in [1.82, 2.24) is 0 Å². The number of nitrogens with one attached hydrogen (secondary N) is 2. The molecule has 4 rings (SSSR count). The van der Waals surface area contributed by atoms with Gasteiger partial charge >= 0.3 is 0 Å². The van der Waals surface area contributed by atoms with Gasteiger partial charge in [0.05, 0.1) is 21.2 Å². The van der Waals surface area contributed by atoms with Crippen LogP contribution < -0.4 is 22.1 Å². The SMILES string of the molecule is Nc1ccc(O)c(NC(=O)c2ccc(S(=O)(=O)c3ccc(C(=O)Nc4cc(N)ccc4O)cc3)cc2)c1. The highest BCUT2D eigenvalue weighted by Gasteiger charge is 2.19. The summed E-state index contributed by atoms with van der Waals surface area (Å²) in [5.41, 5.74) is 12.6. The number of nitrogens with two attached hydrogens (primary N) is 2. The molecular weight excluding hydrogens is 496 g/mol. The maximum atomic E-state index is 13.0. The van der Waals surface area contributed by atoms with Gasteiger partial charge in [-0.1, -0.05) is 0 Å². The lowest BCUT2D eigenvalue weighted by Gasteiger charge is -2.10. The van der Waals surface area contributed by atoms with Gasteiger partial charge in [0.15, 0.2) is 0 Å². The van der Waals surface area contributed by atoms with Gasteiger partial charge in [0.1, 0.15) is 11.5 Å². The highest BCUT2D eigenvalue weighted by Crippen LogP contribution is 2.28. The Morgan fingerprint density at radius 1 is 0.595 bits per heavy atom. The van der Waals surface area contributed by atoms with Gasteiger partial charge in [0, 0.05) is 22.5 Å². The van der Waals surface area contributed by atoms with Crippen molar-refractivity contribution in [1.29, 1.82) is 0 Å². The van der Waals surface area contributed by atoms with Gasteiger partial charge in [-0.2, -0.15) is 0 Å². The predicted octanol–water partition coefficient (Wildman–Crippen LogP) is 3.60. The Bertz CT molecular complexity index is 1490. The predicted molar refractivity (Wildman–Crippen MR) is 139 cm³/mol. The molecule has 37 heavy (non-hydrogen) atoms. The summed E-state index contributed by atoms with van der Waals surface area (Å²) in [5.74, 6) is -1.45. The molecule has 0 aliphatic carbocycles. The summed E-state index contributed by atoms with van der Waals surface area (Å²) in [6.45, 7) is 0. The van der Waals surface area contributed by atoms with E-state index in [0.717, 1.165) is 0 Å². The van der Waals surface area contributed by atoms with E-state index < -0.39 is 21.7 Å². The number of nitrogen functional groups attached to an aromatic ring is 2. The molecule has 0 radical (unpaired) electrons. The van der Waals surface area contributed by atoms with Crippen LogP contribution in [0.2, 0.25) is 0 Å². The molecule has 0 bridgehead atoms. The van der Waals surface area contributed by atoms with Gasteiger partial charge in [0.25, 0.3) is 11.8 Å². The lowest BCUT2D eigenvalue weighted by atomic mass is 10.2. The first kappa shape index (κ1) is 25.1. The summed E-state index contributed by atoms with van der Waals surface area (Å²) < 4.78 is 26.1. The van der Waals surface area contributed by atoms with Crippen LogP contribution in [-0.2, 0) is 9.84 Å². The molecule has 0 saturated carbocycles. The molecule has 10 nitrogen and oxygen atoms in total. The van der Waals surface area contributed by atoms with Gasteiger partial charge < -0.3 is 32.3 Å². The molecule has 0 aliphatic heterocycles. The second-order valence-corrected chi connectivity index (χ2v) is 9.96. The average Bonchev–Trinajstić information content (AvgIpc) is 2.88. The van der Waals surface area contributed by atoms with E-state index in [1.807, 2.05) is 0 Å². The molecule has 4 aromatic carbocycles. The lowest BCUT2D eigenvalue weighted by Crippen LogP contribution is -2.13. The van der Waals surface area contributed by atoms with Crippen LogP contribution in [0.15, 0.2) is 94.7 Å². The molecule has 4 aromatic rings. The van der Waals surface area contributed by atoms with Crippen LogP contribution in [0.3, 0.4) is 0 Å². The van der Waals surface area contributed by atoms with Crippen molar-refractivity contribution < 1.29 is 28.2 Å². The van der Waals surface area contributed by atoms with Crippen LogP contribution in [-0.4, -0.2) is 30.4 Å². The first-order chi connectivity index (χ1) is 17.5. The number of amides is 2. The van der Waals surface area contributed by atoms with E-state index in [-0.39, 0.29) is 43.8 Å². The molecule has 0 aliphatic rings. The van der Waals surface area contributed by atoms with Crippen molar-refractivity contribution in [2.45, 2.75) is 9.79 Å². The molecule has 11 heteroatoms. The van der Waals surface area contributed by atoms with Crippen molar-refractivity contribution in [2.75, 3.05) is 22.1 Å². The van der Waals surface area contributed by atoms with Crippen molar-refractivity contribution in [3.8, 4) is 11.5 Å².